The molecule has 0 N–H and O–H groups in total. The predicted molar refractivity (Wildman–Crippen MR) is 95.2 cm³/mol. The largest absolute Gasteiger partial charge is 0.443 e. The zero-order valence-electron chi connectivity index (χ0n) is 15.3. The van der Waals surface area contributed by atoms with E-state index < -0.39 is 5.60 Å². The lowest BCUT2D eigenvalue weighted by Gasteiger charge is -2.31. The molecule has 5 nitrogen and oxygen atoms in total. The topological polar surface area (TPSA) is 45.7 Å². The summed E-state index contributed by atoms with van der Waals surface area (Å²) >= 11 is 0. The number of nitrogens with zero attached hydrogens (tertiary/aromatic N) is 3. The summed E-state index contributed by atoms with van der Waals surface area (Å²) in [6, 6.07) is 4.68. The van der Waals surface area contributed by atoms with Gasteiger partial charge in [-0.25, -0.2) is 9.78 Å². The average Bonchev–Trinajstić information content (AvgIpc) is 3.22. The molecule has 0 radical (unpaired) electrons. The zero-order chi connectivity index (χ0) is 17.3. The molecule has 132 valence electrons. The number of anilines is 1. The summed E-state index contributed by atoms with van der Waals surface area (Å²) in [5.41, 5.74) is 0.664. The van der Waals surface area contributed by atoms with Crippen LogP contribution in [0.2, 0.25) is 0 Å². The first kappa shape index (κ1) is 17.2. The van der Waals surface area contributed by atoms with Crippen LogP contribution < -0.4 is 4.90 Å². The van der Waals surface area contributed by atoms with Crippen LogP contribution in [0.3, 0.4) is 0 Å². The van der Waals surface area contributed by atoms with E-state index in [0.717, 1.165) is 43.7 Å². The summed E-state index contributed by atoms with van der Waals surface area (Å²) in [6.07, 6.45) is 5.88. The van der Waals surface area contributed by atoms with Gasteiger partial charge in [0, 0.05) is 23.8 Å². The van der Waals surface area contributed by atoms with E-state index >= 15 is 0 Å². The normalized spacial score (nSPS) is 21.8. The van der Waals surface area contributed by atoms with Crippen LogP contribution in [0.25, 0.3) is 0 Å². The number of pyridine rings is 1. The molecule has 1 saturated carbocycles. The van der Waals surface area contributed by atoms with Crippen LogP contribution in [0.15, 0.2) is 18.3 Å². The lowest BCUT2D eigenvalue weighted by Crippen LogP contribution is -2.40. The van der Waals surface area contributed by atoms with Crippen molar-refractivity contribution in [2.45, 2.75) is 71.1 Å². The monoisotopic (exact) mass is 331 g/mol. The summed E-state index contributed by atoms with van der Waals surface area (Å²) < 4.78 is 5.66. The summed E-state index contributed by atoms with van der Waals surface area (Å²) in [4.78, 5) is 21.7. The number of likely N-dealkylation sites (tertiary alicyclic amines) is 1. The van der Waals surface area contributed by atoms with Gasteiger partial charge in [0.2, 0.25) is 0 Å². The van der Waals surface area contributed by atoms with Gasteiger partial charge in [0.1, 0.15) is 11.4 Å². The Morgan fingerprint density at radius 3 is 2.75 bits per heavy atom. The number of ether oxygens (including phenoxy) is 1. The van der Waals surface area contributed by atoms with Gasteiger partial charge in [0.15, 0.2) is 0 Å². The first-order valence-electron chi connectivity index (χ1n) is 9.12. The molecule has 1 amide bonds. The van der Waals surface area contributed by atoms with Gasteiger partial charge < -0.3 is 4.74 Å². The summed E-state index contributed by atoms with van der Waals surface area (Å²) in [6.45, 7) is 10.1. The third-order valence-electron chi connectivity index (χ3n) is 4.68. The Labute approximate surface area is 145 Å². The second kappa shape index (κ2) is 6.71. The highest BCUT2D eigenvalue weighted by Crippen LogP contribution is 2.40. The number of rotatable bonds is 4. The van der Waals surface area contributed by atoms with E-state index in [2.05, 4.69) is 22.9 Å². The highest BCUT2D eigenvalue weighted by atomic mass is 16.6. The van der Waals surface area contributed by atoms with Gasteiger partial charge >= 0.3 is 6.09 Å². The third-order valence-corrected chi connectivity index (χ3v) is 4.68. The van der Waals surface area contributed by atoms with E-state index in [-0.39, 0.29) is 12.1 Å². The third kappa shape index (κ3) is 3.72. The molecule has 2 fully saturated rings. The SMILES string of the molecule is CCN1CCC[C@@H]1c1cccnc1N(C(=O)OC(C)(C)C)C1CC1. The second-order valence-corrected chi connectivity index (χ2v) is 7.78. The molecular formula is C19H29N3O2. The highest BCUT2D eigenvalue weighted by Gasteiger charge is 2.40. The van der Waals surface area contributed by atoms with Gasteiger partial charge in [-0.3, -0.25) is 9.80 Å². The highest BCUT2D eigenvalue weighted by molar-refractivity contribution is 5.89. The Kier molecular flexibility index (Phi) is 4.81. The maximum Gasteiger partial charge on any atom is 0.416 e. The standard InChI is InChI=1S/C19H29N3O2/c1-5-21-13-7-9-16(21)15-8-6-12-20-17(15)22(14-10-11-14)18(23)24-19(2,3)4/h6,8,12,14,16H,5,7,9-11,13H2,1-4H3/t16-/m1/s1. The fourth-order valence-electron chi connectivity index (χ4n) is 3.48. The minimum absolute atomic E-state index is 0.227. The minimum Gasteiger partial charge on any atom is -0.443 e. The van der Waals surface area contributed by atoms with Gasteiger partial charge in [-0.05, 0) is 65.6 Å². The average molecular weight is 331 g/mol. The Bertz CT molecular complexity index is 593. The van der Waals surface area contributed by atoms with Crippen LogP contribution in [0, 0.1) is 0 Å². The van der Waals surface area contributed by atoms with Gasteiger partial charge in [0.25, 0.3) is 0 Å². The van der Waals surface area contributed by atoms with Crippen molar-refractivity contribution in [3.63, 3.8) is 0 Å². The van der Waals surface area contributed by atoms with E-state index in [1.165, 1.54) is 6.42 Å². The Morgan fingerprint density at radius 1 is 1.38 bits per heavy atom. The molecule has 0 aromatic carbocycles. The molecule has 0 unspecified atom stereocenters. The molecule has 24 heavy (non-hydrogen) atoms. The number of carbonyl (C=O) groups excluding carboxylic acids is 1. The van der Waals surface area contributed by atoms with Crippen LogP contribution >= 0.6 is 0 Å². The van der Waals surface area contributed by atoms with Crippen LogP contribution in [0.5, 0.6) is 0 Å². The quantitative estimate of drug-likeness (QED) is 0.832. The van der Waals surface area contributed by atoms with Crippen molar-refractivity contribution < 1.29 is 9.53 Å². The molecular weight excluding hydrogens is 302 g/mol. The van der Waals surface area contributed by atoms with Crippen molar-refractivity contribution in [3.05, 3.63) is 23.9 Å². The number of aromatic nitrogens is 1. The van der Waals surface area contributed by atoms with Crippen molar-refractivity contribution in [2.24, 2.45) is 0 Å². The van der Waals surface area contributed by atoms with Crippen LogP contribution in [-0.4, -0.2) is 40.7 Å². The zero-order valence-corrected chi connectivity index (χ0v) is 15.3. The van der Waals surface area contributed by atoms with Gasteiger partial charge in [-0.1, -0.05) is 13.0 Å². The van der Waals surface area contributed by atoms with Crippen molar-refractivity contribution in [3.8, 4) is 0 Å². The maximum atomic E-state index is 12.8. The summed E-state index contributed by atoms with van der Waals surface area (Å²) in [5, 5.41) is 0. The molecule has 3 rings (SSSR count). The number of carbonyl (C=O) groups is 1. The van der Waals surface area contributed by atoms with Crippen molar-refractivity contribution in [1.29, 1.82) is 0 Å². The molecule has 1 aromatic rings. The first-order chi connectivity index (χ1) is 11.4. The predicted octanol–water partition coefficient (Wildman–Crippen LogP) is 4.14. The van der Waals surface area contributed by atoms with Gasteiger partial charge in [0.05, 0.1) is 0 Å². The molecule has 0 spiro atoms. The number of hydrogen-bond donors (Lipinski definition) is 0. The molecule has 1 saturated heterocycles. The van der Waals surface area contributed by atoms with Crippen LogP contribution in [0.4, 0.5) is 10.6 Å². The molecule has 2 heterocycles. The van der Waals surface area contributed by atoms with Gasteiger partial charge in [-0.2, -0.15) is 0 Å². The van der Waals surface area contributed by atoms with E-state index in [1.54, 1.807) is 11.1 Å². The van der Waals surface area contributed by atoms with Crippen LogP contribution in [-0.2, 0) is 4.74 Å². The Morgan fingerprint density at radius 2 is 2.12 bits per heavy atom. The fraction of sp³-hybridized carbons (Fsp3) is 0.684. The van der Waals surface area contributed by atoms with Crippen molar-refractivity contribution in [2.75, 3.05) is 18.0 Å². The molecule has 1 aliphatic carbocycles. The number of amides is 1. The van der Waals surface area contributed by atoms with E-state index in [1.807, 2.05) is 26.8 Å². The molecule has 5 heteroatoms. The molecule has 0 bridgehead atoms. The lowest BCUT2D eigenvalue weighted by atomic mass is 10.0. The van der Waals surface area contributed by atoms with Crippen LogP contribution in [0.1, 0.15) is 65.0 Å². The minimum atomic E-state index is -0.498. The lowest BCUT2D eigenvalue weighted by molar-refractivity contribution is 0.0576. The van der Waals surface area contributed by atoms with E-state index in [0.29, 0.717) is 6.04 Å². The van der Waals surface area contributed by atoms with Crippen molar-refractivity contribution in [1.82, 2.24) is 9.88 Å². The fourth-order valence-corrected chi connectivity index (χ4v) is 3.48. The number of hydrogen-bond acceptors (Lipinski definition) is 4. The summed E-state index contributed by atoms with van der Waals surface area (Å²) in [5.74, 6) is 0.791. The van der Waals surface area contributed by atoms with Crippen molar-refractivity contribution >= 4 is 11.9 Å². The Balaban J connectivity index is 1.93. The smallest absolute Gasteiger partial charge is 0.416 e. The Hall–Kier alpha value is -1.62. The maximum absolute atomic E-state index is 12.8. The second-order valence-electron chi connectivity index (χ2n) is 7.78. The summed E-state index contributed by atoms with van der Waals surface area (Å²) in [7, 11) is 0. The first-order valence-corrected chi connectivity index (χ1v) is 9.12. The van der Waals surface area contributed by atoms with Gasteiger partial charge in [-0.15, -0.1) is 0 Å². The molecule has 1 aliphatic heterocycles. The van der Waals surface area contributed by atoms with E-state index in [9.17, 15) is 4.79 Å². The molecule has 1 aromatic heterocycles. The molecule has 2 aliphatic rings. The molecule has 1 atom stereocenters. The van der Waals surface area contributed by atoms with E-state index in [4.69, 9.17) is 4.74 Å².